The molecule has 0 spiro atoms. The van der Waals surface area contributed by atoms with Crippen molar-refractivity contribution in [2.24, 2.45) is 0 Å². The molecule has 0 aliphatic carbocycles. The van der Waals surface area contributed by atoms with E-state index in [4.69, 9.17) is 0 Å². The summed E-state index contributed by atoms with van der Waals surface area (Å²) < 4.78 is 14.1. The van der Waals surface area contributed by atoms with Crippen molar-refractivity contribution in [3.05, 3.63) is 58.9 Å². The van der Waals surface area contributed by atoms with Gasteiger partial charge in [-0.25, -0.2) is 4.39 Å². The van der Waals surface area contributed by atoms with Gasteiger partial charge in [-0.2, -0.15) is 0 Å². The van der Waals surface area contributed by atoms with E-state index in [2.05, 4.69) is 37.4 Å². The summed E-state index contributed by atoms with van der Waals surface area (Å²) in [5.41, 5.74) is 3.17. The minimum atomic E-state index is -0.151. The average Bonchev–Trinajstić information content (AvgIpc) is 2.42. The van der Waals surface area contributed by atoms with E-state index in [1.165, 1.54) is 22.1 Å². The molecule has 2 aromatic carbocycles. The third-order valence-electron chi connectivity index (χ3n) is 3.44. The van der Waals surface area contributed by atoms with Crippen LogP contribution in [0.25, 0.3) is 0 Å². The third-order valence-corrected chi connectivity index (χ3v) is 4.68. The number of halogens is 1. The molecule has 0 aromatic heterocycles. The molecule has 1 atom stereocenters. The average molecular weight is 289 g/mol. The van der Waals surface area contributed by atoms with Crippen LogP contribution >= 0.6 is 11.8 Å². The number of hydrogen-bond acceptors (Lipinski definition) is 2. The van der Waals surface area contributed by atoms with Crippen LogP contribution in [0.5, 0.6) is 0 Å². The van der Waals surface area contributed by atoms with Crippen molar-refractivity contribution in [1.29, 1.82) is 0 Å². The molecule has 0 heterocycles. The highest BCUT2D eigenvalue weighted by Gasteiger charge is 2.15. The molecule has 2 aromatic rings. The summed E-state index contributed by atoms with van der Waals surface area (Å²) in [5.74, 6) is -0.151. The Kier molecular flexibility index (Phi) is 4.84. The van der Waals surface area contributed by atoms with Gasteiger partial charge in [-0.1, -0.05) is 30.0 Å². The van der Waals surface area contributed by atoms with Gasteiger partial charge in [0.2, 0.25) is 0 Å². The van der Waals surface area contributed by atoms with E-state index < -0.39 is 0 Å². The van der Waals surface area contributed by atoms with Crippen LogP contribution < -0.4 is 5.32 Å². The predicted molar refractivity (Wildman–Crippen MR) is 83.9 cm³/mol. The van der Waals surface area contributed by atoms with Gasteiger partial charge >= 0.3 is 0 Å². The Morgan fingerprint density at radius 3 is 2.55 bits per heavy atom. The highest BCUT2D eigenvalue weighted by molar-refractivity contribution is 7.99. The Morgan fingerprint density at radius 1 is 1.10 bits per heavy atom. The first-order chi connectivity index (χ1) is 9.52. The lowest BCUT2D eigenvalue weighted by atomic mass is 10.1. The Morgan fingerprint density at radius 2 is 1.85 bits per heavy atom. The first-order valence-corrected chi connectivity index (χ1v) is 7.55. The maximum Gasteiger partial charge on any atom is 0.129 e. The molecule has 0 amide bonds. The van der Waals surface area contributed by atoms with Crippen LogP contribution in [-0.2, 0) is 0 Å². The number of benzene rings is 2. The molecule has 20 heavy (non-hydrogen) atoms. The number of rotatable bonds is 4. The molecule has 0 saturated heterocycles. The van der Waals surface area contributed by atoms with E-state index in [1.807, 2.05) is 20.0 Å². The SMILES string of the molecule is CNC(C)c1c(F)cccc1Sc1cc(C)ccc1C. The lowest BCUT2D eigenvalue weighted by Gasteiger charge is -2.17. The van der Waals surface area contributed by atoms with Gasteiger partial charge in [0.1, 0.15) is 5.82 Å². The first kappa shape index (κ1) is 15.1. The van der Waals surface area contributed by atoms with Gasteiger partial charge < -0.3 is 5.32 Å². The van der Waals surface area contributed by atoms with Gasteiger partial charge in [-0.3, -0.25) is 0 Å². The summed E-state index contributed by atoms with van der Waals surface area (Å²) in [6, 6.07) is 11.6. The molecule has 3 heteroatoms. The molecule has 106 valence electrons. The second-order valence-corrected chi connectivity index (χ2v) is 6.12. The van der Waals surface area contributed by atoms with E-state index in [0.717, 1.165) is 10.5 Å². The van der Waals surface area contributed by atoms with Crippen molar-refractivity contribution < 1.29 is 4.39 Å². The second-order valence-electron chi connectivity index (χ2n) is 5.03. The Bertz CT molecular complexity index is 610. The quantitative estimate of drug-likeness (QED) is 0.861. The molecule has 2 rings (SSSR count). The maximum absolute atomic E-state index is 14.1. The first-order valence-electron chi connectivity index (χ1n) is 6.73. The monoisotopic (exact) mass is 289 g/mol. The standard InChI is InChI=1S/C17H20FNS/c1-11-8-9-12(2)16(10-11)20-15-7-5-6-14(18)17(15)13(3)19-4/h5-10,13,19H,1-4H3. The summed E-state index contributed by atoms with van der Waals surface area (Å²) in [6.45, 7) is 6.14. The van der Waals surface area contributed by atoms with Gasteiger partial charge in [-0.05, 0) is 57.1 Å². The number of hydrogen-bond donors (Lipinski definition) is 1. The van der Waals surface area contributed by atoms with Crippen LogP contribution in [0.3, 0.4) is 0 Å². The molecular weight excluding hydrogens is 269 g/mol. The van der Waals surface area contributed by atoms with Gasteiger partial charge in [0.25, 0.3) is 0 Å². The zero-order valence-corrected chi connectivity index (χ0v) is 13.1. The highest BCUT2D eigenvalue weighted by Crippen LogP contribution is 2.36. The molecule has 1 unspecified atom stereocenters. The fraction of sp³-hybridized carbons (Fsp3) is 0.294. The Hall–Kier alpha value is -1.32. The smallest absolute Gasteiger partial charge is 0.129 e. The predicted octanol–water partition coefficient (Wildman–Crippen LogP) is 4.87. The van der Waals surface area contributed by atoms with Crippen LogP contribution in [0.1, 0.15) is 29.7 Å². The topological polar surface area (TPSA) is 12.0 Å². The van der Waals surface area contributed by atoms with E-state index >= 15 is 0 Å². The van der Waals surface area contributed by atoms with Crippen molar-refractivity contribution >= 4 is 11.8 Å². The van der Waals surface area contributed by atoms with Gasteiger partial charge in [0.05, 0.1) is 0 Å². The summed E-state index contributed by atoms with van der Waals surface area (Å²) in [5, 5.41) is 3.12. The van der Waals surface area contributed by atoms with Gasteiger partial charge in [0.15, 0.2) is 0 Å². The largest absolute Gasteiger partial charge is 0.313 e. The third kappa shape index (κ3) is 3.22. The van der Waals surface area contributed by atoms with Crippen molar-refractivity contribution in [3.63, 3.8) is 0 Å². The van der Waals surface area contributed by atoms with E-state index in [1.54, 1.807) is 17.8 Å². The summed E-state index contributed by atoms with van der Waals surface area (Å²) in [4.78, 5) is 2.15. The minimum absolute atomic E-state index is 0.0104. The normalized spacial score (nSPS) is 12.4. The van der Waals surface area contributed by atoms with E-state index in [0.29, 0.717) is 0 Å². The molecule has 0 bridgehead atoms. The number of aryl methyl sites for hydroxylation is 2. The minimum Gasteiger partial charge on any atom is -0.313 e. The zero-order chi connectivity index (χ0) is 14.7. The fourth-order valence-corrected chi connectivity index (χ4v) is 3.35. The van der Waals surface area contributed by atoms with E-state index in [-0.39, 0.29) is 11.9 Å². The molecule has 1 N–H and O–H groups in total. The summed E-state index contributed by atoms with van der Waals surface area (Å²) in [6.07, 6.45) is 0. The molecule has 0 radical (unpaired) electrons. The maximum atomic E-state index is 14.1. The van der Waals surface area contributed by atoms with Gasteiger partial charge in [0, 0.05) is 21.4 Å². The summed E-state index contributed by atoms with van der Waals surface area (Å²) >= 11 is 1.63. The second kappa shape index (κ2) is 6.42. The summed E-state index contributed by atoms with van der Waals surface area (Å²) in [7, 11) is 1.85. The molecule has 1 nitrogen and oxygen atoms in total. The highest BCUT2D eigenvalue weighted by atomic mass is 32.2. The van der Waals surface area contributed by atoms with Crippen LogP contribution in [0.2, 0.25) is 0 Å². The van der Waals surface area contributed by atoms with Crippen LogP contribution in [0.4, 0.5) is 4.39 Å². The number of nitrogens with one attached hydrogen (secondary N) is 1. The zero-order valence-electron chi connectivity index (χ0n) is 12.3. The van der Waals surface area contributed by atoms with Crippen molar-refractivity contribution in [3.8, 4) is 0 Å². The Labute approximate surface area is 124 Å². The molecule has 0 fully saturated rings. The van der Waals surface area contributed by atoms with E-state index in [9.17, 15) is 4.39 Å². The lowest BCUT2D eigenvalue weighted by Crippen LogP contribution is -2.14. The van der Waals surface area contributed by atoms with Gasteiger partial charge in [-0.15, -0.1) is 0 Å². The molecule has 0 saturated carbocycles. The van der Waals surface area contributed by atoms with Crippen LogP contribution in [0.15, 0.2) is 46.2 Å². The van der Waals surface area contributed by atoms with Crippen LogP contribution in [-0.4, -0.2) is 7.05 Å². The Balaban J connectivity index is 2.43. The molecular formula is C17H20FNS. The lowest BCUT2D eigenvalue weighted by molar-refractivity contribution is 0.552. The van der Waals surface area contributed by atoms with Crippen molar-refractivity contribution in [2.75, 3.05) is 7.05 Å². The molecule has 0 aliphatic heterocycles. The van der Waals surface area contributed by atoms with Crippen molar-refractivity contribution in [1.82, 2.24) is 5.32 Å². The van der Waals surface area contributed by atoms with Crippen LogP contribution in [0, 0.1) is 19.7 Å². The fourth-order valence-electron chi connectivity index (χ4n) is 2.11. The molecule has 0 aliphatic rings. The van der Waals surface area contributed by atoms with Crippen molar-refractivity contribution in [2.45, 2.75) is 36.6 Å².